The summed E-state index contributed by atoms with van der Waals surface area (Å²) in [5.41, 5.74) is 27.2. The lowest BCUT2D eigenvalue weighted by Gasteiger charge is -2.38. The highest BCUT2D eigenvalue weighted by Crippen LogP contribution is 2.30. The number of carbonyl (C=O) groups excluding carboxylic acids is 15. The third kappa shape index (κ3) is 28.0. The molecule has 4 fully saturated rings. The number of primary amides is 1. The number of benzene rings is 3. The predicted molar refractivity (Wildman–Crippen MR) is 486 cm³/mol. The van der Waals surface area contributed by atoms with E-state index in [-0.39, 0.29) is 109 Å². The Bertz CT molecular complexity index is 4950. The van der Waals surface area contributed by atoms with Gasteiger partial charge in [0.2, 0.25) is 88.6 Å². The average molecular weight is 1860 g/mol. The number of carboxylic acid groups (broad SMARTS) is 2. The summed E-state index contributed by atoms with van der Waals surface area (Å²) in [5.74, 6) is -16.3. The van der Waals surface area contributed by atoms with Crippen LogP contribution in [0.4, 0.5) is 0 Å². The van der Waals surface area contributed by atoms with Crippen molar-refractivity contribution in [3.05, 3.63) is 107 Å². The van der Waals surface area contributed by atoms with Crippen LogP contribution in [-0.2, 0) is 107 Å². The predicted octanol–water partition coefficient (Wildman–Crippen LogP) is -0.144. The van der Waals surface area contributed by atoms with E-state index in [0.29, 0.717) is 88.5 Å². The fourth-order valence-corrected chi connectivity index (χ4v) is 17.8. The van der Waals surface area contributed by atoms with Gasteiger partial charge in [0.1, 0.15) is 85.1 Å². The van der Waals surface area contributed by atoms with Gasteiger partial charge in [-0.25, -0.2) is 0 Å². The van der Waals surface area contributed by atoms with Crippen LogP contribution in [0.15, 0.2) is 85.2 Å². The maximum atomic E-state index is 15.9. The number of carbonyl (C=O) groups is 17. The van der Waals surface area contributed by atoms with Crippen molar-refractivity contribution in [3.8, 4) is 0 Å². The van der Waals surface area contributed by atoms with Crippen molar-refractivity contribution in [2.45, 2.75) is 273 Å². The van der Waals surface area contributed by atoms with Crippen molar-refractivity contribution in [3.63, 3.8) is 0 Å². The normalized spacial score (nSPS) is 25.7. The molecule has 41 heteroatoms. The summed E-state index contributed by atoms with van der Waals surface area (Å²) in [6, 6.07) is -0.866. The number of carboxylic acids is 2. The van der Waals surface area contributed by atoms with Crippen LogP contribution >= 0.6 is 11.6 Å². The Morgan fingerprint density at radius 1 is 0.508 bits per heavy atom. The molecule has 9 rings (SSSR count). The third-order valence-electron chi connectivity index (χ3n) is 24.7. The molecule has 0 bridgehead atoms. The van der Waals surface area contributed by atoms with Gasteiger partial charge in [-0.2, -0.15) is 0 Å². The molecule has 0 spiro atoms. The molecule has 15 amide bonds. The second-order valence-electron chi connectivity index (χ2n) is 35.1. The van der Waals surface area contributed by atoms with Crippen LogP contribution in [0.3, 0.4) is 0 Å². The van der Waals surface area contributed by atoms with E-state index >= 15 is 38.4 Å². The Morgan fingerprint density at radius 3 is 1.72 bits per heavy atom. The minimum atomic E-state index is -1.83. The van der Waals surface area contributed by atoms with Crippen molar-refractivity contribution in [2.75, 3.05) is 53.4 Å². The number of hydrogen-bond donors (Lipinski definition) is 17. The summed E-state index contributed by atoms with van der Waals surface area (Å²) >= 11 is 6.28. The number of aromatic amines is 1. The SMILES string of the molecule is CCCCC[C@H]1C(=O)N[C@@H](CC(C)C)C(=O)NCCC[C@@H](N)C(=O)N[C@@H](Cc2ccc(Cl)cc2)C(=O)N2CCCC[C@H]2C(=O)N[C@@H](CC(N)=O)C(=O)N2CCC[C@H]2C(=O)N[C@@H](CN)C(=O)N[C@@H](CCC(=O)O)C(=O)N2C[C@H](O)C[C@H]2C(=O)N[C@@H](Cc2c[nH]c3ccccc23)C(=O)N[C@@H](CCN)C(=O)N[C@@H](Cc2cn(CC(=O)O)c3ccccc23)C(=O)N(C)[C@@H](CCCC)C(=O)N1C. The summed E-state index contributed by atoms with van der Waals surface area (Å²) in [5, 5.41) is 57.4. The fraction of sp³-hybridized carbons (Fsp3) is 0.571. The molecule has 0 unspecified atom stereocenters. The summed E-state index contributed by atoms with van der Waals surface area (Å²) in [6.45, 7) is 5.27. The number of aromatic nitrogens is 2. The van der Waals surface area contributed by atoms with E-state index in [9.17, 15) is 58.5 Å². The zero-order valence-corrected chi connectivity index (χ0v) is 76.4. The Balaban J connectivity index is 1.09. The fourth-order valence-electron chi connectivity index (χ4n) is 17.7. The number of rotatable bonds is 25. The number of aliphatic carboxylic acids is 2. The number of fused-ring (bicyclic) bond motifs is 5. The molecular weight excluding hydrogens is 1730 g/mol. The second kappa shape index (κ2) is 49.4. The van der Waals surface area contributed by atoms with Gasteiger partial charge >= 0.3 is 11.9 Å². The van der Waals surface area contributed by atoms with Crippen LogP contribution in [0, 0.1) is 5.92 Å². The van der Waals surface area contributed by atoms with Crippen LogP contribution in [0.25, 0.3) is 21.8 Å². The number of para-hydroxylation sites is 2. The van der Waals surface area contributed by atoms with E-state index in [1.54, 1.807) is 79.0 Å². The number of amides is 15. The summed E-state index contributed by atoms with van der Waals surface area (Å²) in [6.07, 6.45) is 1.79. The Kier molecular flexibility index (Phi) is 38.7. The van der Waals surface area contributed by atoms with E-state index in [2.05, 4.69) is 52.8 Å². The molecule has 132 heavy (non-hydrogen) atoms. The van der Waals surface area contributed by atoms with Crippen LogP contribution in [0.2, 0.25) is 5.02 Å². The summed E-state index contributed by atoms with van der Waals surface area (Å²) in [7, 11) is 2.79. The van der Waals surface area contributed by atoms with Gasteiger partial charge in [-0.1, -0.05) is 120 Å². The number of hydrogen-bond acceptors (Lipinski definition) is 21. The number of H-pyrrole nitrogens is 1. The zero-order valence-electron chi connectivity index (χ0n) is 75.7. The monoisotopic (exact) mass is 1860 g/mol. The smallest absolute Gasteiger partial charge is 0.323 e. The van der Waals surface area contributed by atoms with Crippen molar-refractivity contribution >= 4 is 134 Å². The first kappa shape index (κ1) is 104. The van der Waals surface area contributed by atoms with Crippen molar-refractivity contribution in [2.24, 2.45) is 28.9 Å². The van der Waals surface area contributed by atoms with E-state index in [1.165, 1.54) is 39.6 Å². The highest BCUT2D eigenvalue weighted by atomic mass is 35.5. The quantitative estimate of drug-likeness (QED) is 0.0338. The number of aliphatic hydroxyl groups is 1. The molecule has 5 aromatic rings. The Morgan fingerprint density at radius 2 is 1.06 bits per heavy atom. The van der Waals surface area contributed by atoms with Gasteiger partial charge in [-0.05, 0) is 130 Å². The topological polar surface area (TPSA) is 600 Å². The van der Waals surface area contributed by atoms with Gasteiger partial charge in [0, 0.05) is 118 Å². The van der Waals surface area contributed by atoms with Crippen molar-refractivity contribution < 1.29 is 96.8 Å². The molecule has 15 atom stereocenters. The molecule has 2 aromatic heterocycles. The molecule has 0 radical (unpaired) electrons. The molecule has 6 heterocycles. The summed E-state index contributed by atoms with van der Waals surface area (Å²) in [4.78, 5) is 257. The van der Waals surface area contributed by atoms with Crippen LogP contribution in [0.5, 0.6) is 0 Å². The summed E-state index contributed by atoms with van der Waals surface area (Å²) < 4.78 is 1.45. The van der Waals surface area contributed by atoms with E-state index in [1.807, 2.05) is 27.7 Å². The minimum absolute atomic E-state index is 0.0141. The molecule has 4 aliphatic heterocycles. The van der Waals surface area contributed by atoms with Gasteiger partial charge in [-0.15, -0.1) is 0 Å². The first-order chi connectivity index (χ1) is 62.9. The lowest BCUT2D eigenvalue weighted by Crippen LogP contribution is -2.62. The lowest BCUT2D eigenvalue weighted by molar-refractivity contribution is -0.149. The van der Waals surface area contributed by atoms with Gasteiger partial charge in [0.05, 0.1) is 18.6 Å². The third-order valence-corrected chi connectivity index (χ3v) is 25.0. The molecule has 0 aliphatic carbocycles. The number of unbranched alkanes of at least 4 members (excludes halogenated alkanes) is 3. The van der Waals surface area contributed by atoms with Crippen LogP contribution in [-0.4, -0.2) is 294 Å². The zero-order chi connectivity index (χ0) is 96.3. The Labute approximate surface area is 770 Å². The first-order valence-corrected chi connectivity index (χ1v) is 45.9. The van der Waals surface area contributed by atoms with E-state index in [0.717, 1.165) is 9.80 Å². The first-order valence-electron chi connectivity index (χ1n) is 45.5. The van der Waals surface area contributed by atoms with Crippen LogP contribution in [0.1, 0.15) is 173 Å². The molecule has 3 aromatic carbocycles. The van der Waals surface area contributed by atoms with Crippen molar-refractivity contribution in [1.29, 1.82) is 0 Å². The highest BCUT2D eigenvalue weighted by Gasteiger charge is 2.47. The molecule has 21 N–H and O–H groups in total. The van der Waals surface area contributed by atoms with Gasteiger partial charge in [-0.3, -0.25) is 81.5 Å². The highest BCUT2D eigenvalue weighted by molar-refractivity contribution is 6.30. The van der Waals surface area contributed by atoms with Crippen LogP contribution < -0.4 is 70.8 Å². The minimum Gasteiger partial charge on any atom is -0.481 e. The number of halogens is 1. The van der Waals surface area contributed by atoms with Gasteiger partial charge in [0.15, 0.2) is 0 Å². The number of nitrogens with zero attached hydrogens (tertiary/aromatic N) is 6. The molecule has 4 aliphatic rings. The lowest BCUT2D eigenvalue weighted by atomic mass is 9.97. The molecular formula is C91H129ClN20O20. The maximum absolute atomic E-state index is 15.9. The second-order valence-corrected chi connectivity index (χ2v) is 35.5. The number of aliphatic hydroxyl groups excluding tert-OH is 1. The number of piperidine rings is 1. The van der Waals surface area contributed by atoms with E-state index in [4.69, 9.17) is 34.5 Å². The number of nitrogens with one attached hydrogen (secondary N) is 10. The van der Waals surface area contributed by atoms with Gasteiger partial charge in [0.25, 0.3) is 0 Å². The number of nitrogens with two attached hydrogens (primary N) is 4. The Hall–Kier alpha value is -12.1. The molecule has 0 saturated carbocycles. The molecule has 4 saturated heterocycles. The molecule has 40 nitrogen and oxygen atoms in total. The maximum Gasteiger partial charge on any atom is 0.323 e. The average Bonchev–Trinajstić information content (AvgIpc) is 1.57. The largest absolute Gasteiger partial charge is 0.481 e. The van der Waals surface area contributed by atoms with Gasteiger partial charge < -0.3 is 120 Å². The van der Waals surface area contributed by atoms with Crippen molar-refractivity contribution in [1.82, 2.24) is 81.9 Å². The number of likely N-dealkylation sites (N-methyl/N-ethyl adjacent to an activating group) is 2. The van der Waals surface area contributed by atoms with E-state index < -0.39 is 237 Å². The standard InChI is InChI=1S/C91H129ClN20O20/c1-7-9-11-26-70-83(124)101-63(40-51(3)4)79(120)97-37-18-22-59(95)78(119)103-65(41-52-29-31-55(92)32-30-52)89(130)110-38-17-16-27-71(110)84(125)105-67(45-75(96)114)90(131)111-39-19-28-72(111)85(126)106-68(46-94)82(123)100-62(33-34-76(115)116)88(129)112-49-56(113)44-74(112)86(127)102-64(42-53-47-98-60-23-14-12-20-57(53)60)81(122)99-61(35-36-93)80(121)104-66(87(128)108(6)73(24-10-8-2)91(132)107(70)5)43-54-48-109(50-77(117)118)69-25-15-13-21-58(54)69/h12-15,20-21,23,25,29-32,47-48,51,56,59,61-68,70-74,98,113H,7-11,16-19,22,24,26-28,33-46,49-50,93-95H2,1-6H3,(H2,96,114)(H,97,120)(H,99,122)(H,100,123)(H,101,124)(H,102,127)(H,103,119)(H,104,121)(H,105,125)(H,106,126)(H,115,116)(H,117,118)/t56-,59-,61+,62+,63+,64+,65+,66+,67+,68+,70+,71+,72+,73+,74+/m1/s1. The molecule has 720 valence electrons.